The summed E-state index contributed by atoms with van der Waals surface area (Å²) in [5.74, 6) is -3.65. The van der Waals surface area contributed by atoms with Crippen molar-refractivity contribution >= 4 is 46.8 Å². The van der Waals surface area contributed by atoms with Crippen molar-refractivity contribution in [3.05, 3.63) is 164 Å². The summed E-state index contributed by atoms with van der Waals surface area (Å²) < 4.78 is 57.2. The number of aromatic nitrogens is 2. The van der Waals surface area contributed by atoms with Crippen molar-refractivity contribution in [1.82, 2.24) is 39.8 Å². The minimum absolute atomic E-state index is 0.0148. The topological polar surface area (TPSA) is 122 Å². The maximum Gasteiger partial charge on any atom is 0.254 e. The van der Waals surface area contributed by atoms with Crippen LogP contribution in [0.15, 0.2) is 91.5 Å². The molecule has 6 heterocycles. The van der Waals surface area contributed by atoms with Crippen molar-refractivity contribution in [3.63, 3.8) is 0 Å². The third kappa shape index (κ3) is 13.8. The van der Waals surface area contributed by atoms with Crippen LogP contribution >= 0.6 is 23.2 Å². The molecule has 5 saturated heterocycles. The zero-order valence-electron chi connectivity index (χ0n) is 49.8. The van der Waals surface area contributed by atoms with Gasteiger partial charge in [-0.3, -0.25) is 29.0 Å². The van der Waals surface area contributed by atoms with Gasteiger partial charge in [-0.2, -0.15) is 0 Å². The Morgan fingerprint density at radius 3 is 1.44 bits per heavy atom. The van der Waals surface area contributed by atoms with E-state index in [0.29, 0.717) is 79.1 Å². The van der Waals surface area contributed by atoms with Crippen LogP contribution in [0.3, 0.4) is 0 Å². The van der Waals surface area contributed by atoms with Crippen LogP contribution in [0.25, 0.3) is 0 Å². The monoisotopic (exact) mass is 1190 g/mol. The van der Waals surface area contributed by atoms with Gasteiger partial charge in [0.05, 0.1) is 28.9 Å². The number of halogens is 6. The Hall–Kier alpha value is -5.94. The molecule has 0 bridgehead atoms. The third-order valence-electron chi connectivity index (χ3n) is 18.4. The van der Waals surface area contributed by atoms with E-state index in [1.165, 1.54) is 43.0 Å². The van der Waals surface area contributed by atoms with E-state index < -0.39 is 40.5 Å². The smallest absolute Gasteiger partial charge is 0.254 e. The SMILES string of the molecule is CC(C)(C(=O)N1CCC1)c1cc(Cl)ccc1C1CCN(C(=O)C2CN(C(C)(C)C)C[C@H]2c2ccc(F)cc2F)CC1.C[C@H](NC(=O)c1cncnc1)c1cc(Cl)ccc1C1CCN(C(=O)C2CN(C(C)(C)C)C[C@H]2c2ccc(F)cc2F)CC1. The van der Waals surface area contributed by atoms with Crippen molar-refractivity contribution in [3.8, 4) is 0 Å². The first kappa shape index (κ1) is 62.6. The fourth-order valence-corrected chi connectivity index (χ4v) is 13.6. The predicted octanol–water partition coefficient (Wildman–Crippen LogP) is 12.5. The van der Waals surface area contributed by atoms with Crippen LogP contribution < -0.4 is 5.32 Å². The summed E-state index contributed by atoms with van der Waals surface area (Å²) in [6, 6.07) is 18.7. The zero-order chi connectivity index (χ0) is 60.6. The highest BCUT2D eigenvalue weighted by Crippen LogP contribution is 2.44. The largest absolute Gasteiger partial charge is 0.345 e. The van der Waals surface area contributed by atoms with Crippen LogP contribution in [-0.4, -0.2) is 135 Å². The molecule has 5 aromatic rings. The Kier molecular flexibility index (Phi) is 19.0. The molecule has 5 aliphatic heterocycles. The van der Waals surface area contributed by atoms with Crippen LogP contribution in [0.1, 0.15) is 168 Å². The van der Waals surface area contributed by atoms with Crippen LogP contribution in [0.5, 0.6) is 0 Å². The van der Waals surface area contributed by atoms with Crippen molar-refractivity contribution in [1.29, 1.82) is 0 Å². The third-order valence-corrected chi connectivity index (χ3v) is 18.9. The van der Waals surface area contributed by atoms with Gasteiger partial charge in [0.25, 0.3) is 5.91 Å². The lowest BCUT2D eigenvalue weighted by Crippen LogP contribution is -2.50. The molecular weight excluding hydrogens is 1120 g/mol. The van der Waals surface area contributed by atoms with Gasteiger partial charge < -0.3 is 20.0 Å². The van der Waals surface area contributed by atoms with Crippen LogP contribution in [-0.2, 0) is 19.8 Å². The number of hydrogen-bond acceptors (Lipinski definition) is 8. The molecule has 18 heteroatoms. The molecule has 5 fully saturated rings. The number of rotatable bonds is 11. The summed E-state index contributed by atoms with van der Waals surface area (Å²) in [5, 5.41) is 4.22. The molecule has 10 rings (SSSR count). The van der Waals surface area contributed by atoms with Gasteiger partial charge in [-0.05, 0) is 176 Å². The standard InChI is InChI=1S/C33H38ClF2N5O2.C33H42ClF2N3O2/c1-20(39-31(42)22-15-37-19-38-16-22)27-13-23(34)5-7-25(27)21-9-11-40(12-10-21)32(43)29-18-41(33(2,3)4)17-28(29)26-8-6-24(35)14-30(26)36;1-32(2,3)39-19-26(25-10-8-23(35)18-29(25)36)27(20-39)30(40)37-15-11-21(12-16-37)24-9-7-22(34)17-28(24)33(4,5)31(41)38-13-6-14-38/h5-8,13-16,19-21,28-29H,9-12,17-18H2,1-4H3,(H,39,42);7-10,17-18,21,26-27H,6,11-16,19-20H2,1-5H3/t20-,28-,29?;26-,27?/m00/s1. The average molecular weight is 1200 g/mol. The highest BCUT2D eigenvalue weighted by atomic mass is 35.5. The Labute approximate surface area is 502 Å². The van der Waals surface area contributed by atoms with Gasteiger partial charge >= 0.3 is 0 Å². The van der Waals surface area contributed by atoms with Gasteiger partial charge in [0, 0.05) is 123 Å². The first-order valence-electron chi connectivity index (χ1n) is 29.6. The second-order valence-electron chi connectivity index (χ2n) is 26.2. The number of nitrogens with one attached hydrogen (secondary N) is 1. The average Bonchev–Trinajstić information content (AvgIpc) is 1.60. The summed E-state index contributed by atoms with van der Waals surface area (Å²) in [7, 11) is 0. The van der Waals surface area contributed by atoms with E-state index in [2.05, 4.69) is 72.7 Å². The van der Waals surface area contributed by atoms with Gasteiger partial charge in [0.15, 0.2) is 0 Å². The van der Waals surface area contributed by atoms with Crippen molar-refractivity contribution in [2.45, 2.75) is 141 Å². The minimum atomic E-state index is -0.694. The van der Waals surface area contributed by atoms with E-state index in [0.717, 1.165) is 79.6 Å². The van der Waals surface area contributed by atoms with E-state index in [4.69, 9.17) is 23.2 Å². The molecule has 84 heavy (non-hydrogen) atoms. The maximum atomic E-state index is 14.9. The summed E-state index contributed by atoms with van der Waals surface area (Å²) in [6.45, 7) is 24.5. The molecule has 12 nitrogen and oxygen atoms in total. The molecule has 4 amide bonds. The lowest BCUT2D eigenvalue weighted by molar-refractivity contribution is -0.140. The van der Waals surface area contributed by atoms with E-state index in [1.807, 2.05) is 65.8 Å². The van der Waals surface area contributed by atoms with Crippen LogP contribution in [0.4, 0.5) is 17.6 Å². The molecule has 450 valence electrons. The number of nitrogens with zero attached hydrogens (tertiary/aromatic N) is 7. The van der Waals surface area contributed by atoms with E-state index >= 15 is 0 Å². The number of hydrogen-bond donors (Lipinski definition) is 1. The number of amides is 4. The molecule has 0 radical (unpaired) electrons. The number of piperidine rings is 2. The molecule has 5 aliphatic rings. The van der Waals surface area contributed by atoms with E-state index in [1.54, 1.807) is 0 Å². The van der Waals surface area contributed by atoms with Gasteiger partial charge in [0.1, 0.15) is 29.6 Å². The van der Waals surface area contributed by atoms with Crippen LogP contribution in [0, 0.1) is 35.1 Å². The lowest BCUT2D eigenvalue weighted by atomic mass is 9.75. The predicted molar refractivity (Wildman–Crippen MR) is 320 cm³/mol. The van der Waals surface area contributed by atoms with Crippen molar-refractivity contribution < 1.29 is 36.7 Å². The Morgan fingerprint density at radius 1 is 0.560 bits per heavy atom. The quantitative estimate of drug-likeness (QED) is 0.130. The first-order chi connectivity index (χ1) is 39.7. The molecule has 1 N–H and O–H groups in total. The second-order valence-corrected chi connectivity index (χ2v) is 27.1. The Balaban J connectivity index is 0.000000202. The molecule has 5 atom stereocenters. The van der Waals surface area contributed by atoms with Crippen molar-refractivity contribution in [2.24, 2.45) is 11.8 Å². The lowest BCUT2D eigenvalue weighted by Gasteiger charge is -2.40. The summed E-state index contributed by atoms with van der Waals surface area (Å²) in [6.07, 6.45) is 8.42. The van der Waals surface area contributed by atoms with Crippen molar-refractivity contribution in [2.75, 3.05) is 65.4 Å². The first-order valence-corrected chi connectivity index (χ1v) is 30.4. The number of benzene rings is 4. The Bertz CT molecular complexity index is 3210. The molecule has 2 unspecified atom stereocenters. The summed E-state index contributed by atoms with van der Waals surface area (Å²) >= 11 is 12.8. The number of carbonyl (C=O) groups is 4. The molecule has 1 aromatic heterocycles. The second kappa shape index (κ2) is 25.6. The fraction of sp³-hybridized carbons (Fsp3) is 0.515. The minimum Gasteiger partial charge on any atom is -0.345 e. The van der Waals surface area contributed by atoms with Gasteiger partial charge in [-0.15, -0.1) is 0 Å². The summed E-state index contributed by atoms with van der Waals surface area (Å²) in [4.78, 5) is 72.1. The Morgan fingerprint density at radius 2 is 1.00 bits per heavy atom. The molecule has 0 saturated carbocycles. The highest BCUT2D eigenvalue weighted by molar-refractivity contribution is 6.31. The maximum absolute atomic E-state index is 14.9. The van der Waals surface area contributed by atoms with Gasteiger partial charge in [-0.1, -0.05) is 47.5 Å². The van der Waals surface area contributed by atoms with E-state index in [9.17, 15) is 36.7 Å². The van der Waals surface area contributed by atoms with Gasteiger partial charge in [0.2, 0.25) is 17.7 Å². The van der Waals surface area contributed by atoms with E-state index in [-0.39, 0.29) is 64.4 Å². The summed E-state index contributed by atoms with van der Waals surface area (Å²) in [5.41, 5.74) is 4.24. The zero-order valence-corrected chi connectivity index (χ0v) is 51.4. The molecular formula is C66H80Cl2F4N8O4. The molecule has 0 spiro atoms. The normalized spacial score (nSPS) is 21.6. The fourth-order valence-electron chi connectivity index (χ4n) is 13.3. The highest BCUT2D eigenvalue weighted by Gasteiger charge is 2.47. The molecule has 0 aliphatic carbocycles. The number of likely N-dealkylation sites (tertiary alicyclic amines) is 5. The molecule has 4 aromatic carbocycles. The number of carbonyl (C=O) groups excluding carboxylic acids is 4. The van der Waals surface area contributed by atoms with Crippen LogP contribution in [0.2, 0.25) is 10.0 Å². The van der Waals surface area contributed by atoms with Gasteiger partial charge in [-0.25, -0.2) is 27.5 Å².